The molecule has 0 aliphatic carbocycles. The van der Waals surface area contributed by atoms with Crippen LogP contribution in [0.25, 0.3) is 0 Å². The molecule has 2 aromatic rings. The molecule has 0 radical (unpaired) electrons. The molecule has 30 heavy (non-hydrogen) atoms. The van der Waals surface area contributed by atoms with Crippen LogP contribution in [0, 0.1) is 19.8 Å². The van der Waals surface area contributed by atoms with Gasteiger partial charge in [-0.1, -0.05) is 17.7 Å². The van der Waals surface area contributed by atoms with Crippen molar-refractivity contribution in [3.63, 3.8) is 0 Å². The Morgan fingerprint density at radius 2 is 1.67 bits per heavy atom. The highest BCUT2D eigenvalue weighted by Gasteiger charge is 2.26. The molecule has 0 unspecified atom stereocenters. The molecule has 158 valence electrons. The number of hydrogen-bond acceptors (Lipinski definition) is 4. The maximum absolute atomic E-state index is 12.5. The second-order valence-electron chi connectivity index (χ2n) is 7.85. The molecule has 0 bridgehead atoms. The molecule has 3 amide bonds. The van der Waals surface area contributed by atoms with Crippen molar-refractivity contribution in [2.45, 2.75) is 26.7 Å². The number of nitrogens with zero attached hydrogens (tertiary/aromatic N) is 1. The first-order valence-corrected chi connectivity index (χ1v) is 10.1. The fourth-order valence-electron chi connectivity index (χ4n) is 3.66. The number of anilines is 2. The van der Waals surface area contributed by atoms with Crippen molar-refractivity contribution in [3.8, 4) is 0 Å². The first-order valence-electron chi connectivity index (χ1n) is 10.1. The summed E-state index contributed by atoms with van der Waals surface area (Å²) in [6, 6.07) is 12.5. The fraction of sp³-hybridized carbons (Fsp3) is 0.348. The average molecular weight is 409 g/mol. The van der Waals surface area contributed by atoms with E-state index in [0.29, 0.717) is 43.7 Å². The molecule has 1 saturated heterocycles. The average Bonchev–Trinajstić information content (AvgIpc) is 2.71. The first kappa shape index (κ1) is 21.5. The quantitative estimate of drug-likeness (QED) is 0.683. The van der Waals surface area contributed by atoms with Gasteiger partial charge in [0.15, 0.2) is 0 Å². The van der Waals surface area contributed by atoms with Crippen molar-refractivity contribution in [3.05, 3.63) is 59.2 Å². The maximum Gasteiger partial charge on any atom is 0.248 e. The number of piperidine rings is 1. The van der Waals surface area contributed by atoms with Crippen LogP contribution in [0.5, 0.6) is 0 Å². The fourth-order valence-corrected chi connectivity index (χ4v) is 3.66. The van der Waals surface area contributed by atoms with E-state index in [1.165, 1.54) is 0 Å². The standard InChI is InChI=1S/C23H28N4O3/c1-15-3-8-20(16(2)13-15)26-21(28)14-27-11-9-18(10-12-27)23(30)25-19-6-4-17(5-7-19)22(24)29/h3-8,13,18H,9-12,14H2,1-2H3,(H2,24,29)(H,25,30)(H,26,28). The summed E-state index contributed by atoms with van der Waals surface area (Å²) in [5.74, 6) is -0.679. The van der Waals surface area contributed by atoms with Gasteiger partial charge in [0, 0.05) is 22.9 Å². The van der Waals surface area contributed by atoms with Gasteiger partial charge in [0.1, 0.15) is 0 Å². The summed E-state index contributed by atoms with van der Waals surface area (Å²) in [6.07, 6.45) is 1.39. The number of carbonyl (C=O) groups excluding carboxylic acids is 3. The highest BCUT2D eigenvalue weighted by molar-refractivity contribution is 5.95. The Kier molecular flexibility index (Phi) is 6.84. The molecule has 0 atom stereocenters. The van der Waals surface area contributed by atoms with Gasteiger partial charge in [-0.15, -0.1) is 0 Å². The molecule has 1 aliphatic rings. The Balaban J connectivity index is 1.45. The first-order chi connectivity index (χ1) is 14.3. The zero-order chi connectivity index (χ0) is 21.7. The van der Waals surface area contributed by atoms with Gasteiger partial charge < -0.3 is 16.4 Å². The van der Waals surface area contributed by atoms with E-state index in [2.05, 4.69) is 15.5 Å². The normalized spacial score (nSPS) is 14.9. The predicted molar refractivity (Wildman–Crippen MR) is 117 cm³/mol. The number of nitrogens with two attached hydrogens (primary N) is 1. The van der Waals surface area contributed by atoms with Gasteiger partial charge in [0.25, 0.3) is 0 Å². The van der Waals surface area contributed by atoms with Crippen molar-refractivity contribution in [2.75, 3.05) is 30.3 Å². The van der Waals surface area contributed by atoms with E-state index >= 15 is 0 Å². The van der Waals surface area contributed by atoms with Crippen molar-refractivity contribution in [2.24, 2.45) is 11.7 Å². The molecule has 7 nitrogen and oxygen atoms in total. The largest absolute Gasteiger partial charge is 0.366 e. The van der Waals surface area contributed by atoms with Crippen molar-refractivity contribution in [1.29, 1.82) is 0 Å². The molecule has 3 rings (SSSR count). The van der Waals surface area contributed by atoms with E-state index in [9.17, 15) is 14.4 Å². The number of benzene rings is 2. The number of primary amides is 1. The number of rotatable bonds is 6. The van der Waals surface area contributed by atoms with Crippen molar-refractivity contribution in [1.82, 2.24) is 4.90 Å². The Bertz CT molecular complexity index is 932. The van der Waals surface area contributed by atoms with Gasteiger partial charge in [-0.3, -0.25) is 19.3 Å². The lowest BCUT2D eigenvalue weighted by atomic mass is 9.95. The van der Waals surface area contributed by atoms with Crippen LogP contribution in [0.4, 0.5) is 11.4 Å². The molecule has 0 spiro atoms. The van der Waals surface area contributed by atoms with Gasteiger partial charge in [-0.2, -0.15) is 0 Å². The van der Waals surface area contributed by atoms with Crippen LogP contribution in [0.15, 0.2) is 42.5 Å². The van der Waals surface area contributed by atoms with E-state index in [0.717, 1.165) is 16.8 Å². The number of carbonyl (C=O) groups is 3. The lowest BCUT2D eigenvalue weighted by Crippen LogP contribution is -2.41. The minimum Gasteiger partial charge on any atom is -0.366 e. The minimum atomic E-state index is -0.498. The molecule has 1 heterocycles. The molecule has 0 saturated carbocycles. The molecule has 1 aliphatic heterocycles. The van der Waals surface area contributed by atoms with Gasteiger partial charge in [0.2, 0.25) is 17.7 Å². The zero-order valence-electron chi connectivity index (χ0n) is 17.4. The Labute approximate surface area is 176 Å². The molecule has 7 heteroatoms. The number of likely N-dealkylation sites (tertiary alicyclic amines) is 1. The number of nitrogens with one attached hydrogen (secondary N) is 2. The summed E-state index contributed by atoms with van der Waals surface area (Å²) in [6.45, 7) is 5.71. The molecule has 1 fully saturated rings. The Morgan fingerprint density at radius 1 is 1.00 bits per heavy atom. The predicted octanol–water partition coefficient (Wildman–Crippen LogP) is 2.69. The maximum atomic E-state index is 12.5. The van der Waals surface area contributed by atoms with Crippen molar-refractivity contribution >= 4 is 29.1 Å². The molecular weight excluding hydrogens is 380 g/mol. The Hall–Kier alpha value is -3.19. The Morgan fingerprint density at radius 3 is 2.27 bits per heavy atom. The summed E-state index contributed by atoms with van der Waals surface area (Å²) in [5, 5.41) is 5.86. The van der Waals surface area contributed by atoms with Gasteiger partial charge in [0.05, 0.1) is 6.54 Å². The monoisotopic (exact) mass is 408 g/mol. The van der Waals surface area contributed by atoms with E-state index in [1.54, 1.807) is 24.3 Å². The second-order valence-corrected chi connectivity index (χ2v) is 7.85. The van der Waals surface area contributed by atoms with Crippen LogP contribution in [-0.2, 0) is 9.59 Å². The van der Waals surface area contributed by atoms with Crippen LogP contribution in [0.3, 0.4) is 0 Å². The van der Waals surface area contributed by atoms with E-state index in [4.69, 9.17) is 5.73 Å². The van der Waals surface area contributed by atoms with E-state index in [-0.39, 0.29) is 17.7 Å². The molecular formula is C23H28N4O3. The zero-order valence-corrected chi connectivity index (χ0v) is 17.4. The number of aryl methyl sites for hydroxylation is 2. The highest BCUT2D eigenvalue weighted by Crippen LogP contribution is 2.20. The third-order valence-electron chi connectivity index (χ3n) is 5.42. The second kappa shape index (κ2) is 9.54. The van der Waals surface area contributed by atoms with Gasteiger partial charge in [-0.25, -0.2) is 0 Å². The third-order valence-corrected chi connectivity index (χ3v) is 5.42. The van der Waals surface area contributed by atoms with E-state index in [1.807, 2.05) is 32.0 Å². The smallest absolute Gasteiger partial charge is 0.248 e. The van der Waals surface area contributed by atoms with Gasteiger partial charge >= 0.3 is 0 Å². The third kappa shape index (κ3) is 5.67. The van der Waals surface area contributed by atoms with Crippen LogP contribution in [-0.4, -0.2) is 42.3 Å². The lowest BCUT2D eigenvalue weighted by Gasteiger charge is -2.30. The molecule has 0 aromatic heterocycles. The lowest BCUT2D eigenvalue weighted by molar-refractivity contribution is -0.121. The highest BCUT2D eigenvalue weighted by atomic mass is 16.2. The number of amides is 3. The SMILES string of the molecule is Cc1ccc(NC(=O)CN2CCC(C(=O)Nc3ccc(C(N)=O)cc3)CC2)c(C)c1. The molecule has 2 aromatic carbocycles. The van der Waals surface area contributed by atoms with Crippen LogP contribution >= 0.6 is 0 Å². The minimum absolute atomic E-state index is 0.0405. The summed E-state index contributed by atoms with van der Waals surface area (Å²) < 4.78 is 0. The topological polar surface area (TPSA) is 105 Å². The summed E-state index contributed by atoms with van der Waals surface area (Å²) in [7, 11) is 0. The van der Waals surface area contributed by atoms with Crippen LogP contribution in [0.1, 0.15) is 34.3 Å². The van der Waals surface area contributed by atoms with Gasteiger partial charge in [-0.05, 0) is 75.7 Å². The summed E-state index contributed by atoms with van der Waals surface area (Å²) >= 11 is 0. The van der Waals surface area contributed by atoms with Crippen molar-refractivity contribution < 1.29 is 14.4 Å². The van der Waals surface area contributed by atoms with Crippen LogP contribution < -0.4 is 16.4 Å². The number of hydrogen-bond donors (Lipinski definition) is 3. The summed E-state index contributed by atoms with van der Waals surface area (Å²) in [4.78, 5) is 38.1. The van der Waals surface area contributed by atoms with Crippen LogP contribution in [0.2, 0.25) is 0 Å². The van der Waals surface area contributed by atoms with E-state index < -0.39 is 5.91 Å². The molecule has 4 N–H and O–H groups in total. The summed E-state index contributed by atoms with van der Waals surface area (Å²) in [5.41, 5.74) is 9.31.